The van der Waals surface area contributed by atoms with E-state index in [1.165, 1.54) is 22.0 Å². The first-order valence-electron chi connectivity index (χ1n) is 7.14. The lowest BCUT2D eigenvalue weighted by Crippen LogP contribution is -1.95. The summed E-state index contributed by atoms with van der Waals surface area (Å²) in [6.45, 7) is 5.78. The standard InChI is InChI=1S/C18H18ClNO/c1-3-20-11-14(17-8-7-13(2)9-18(17)20)12-21-16-6-4-5-15(19)10-16/h4-11H,3,12H2,1-2H3. The van der Waals surface area contributed by atoms with E-state index in [9.17, 15) is 0 Å². The molecule has 21 heavy (non-hydrogen) atoms. The molecule has 0 aliphatic heterocycles. The van der Waals surface area contributed by atoms with Gasteiger partial charge in [0, 0.05) is 34.2 Å². The lowest BCUT2D eigenvalue weighted by Gasteiger charge is -2.05. The predicted molar refractivity (Wildman–Crippen MR) is 88.1 cm³/mol. The number of nitrogens with zero attached hydrogens (tertiary/aromatic N) is 1. The Morgan fingerprint density at radius 2 is 2.00 bits per heavy atom. The van der Waals surface area contributed by atoms with Crippen molar-refractivity contribution in [3.8, 4) is 5.75 Å². The molecule has 3 heteroatoms. The Morgan fingerprint density at radius 1 is 1.14 bits per heavy atom. The fourth-order valence-corrected chi connectivity index (χ4v) is 2.75. The van der Waals surface area contributed by atoms with Crippen LogP contribution in [0.1, 0.15) is 18.1 Å². The minimum atomic E-state index is 0.549. The maximum absolute atomic E-state index is 5.98. The molecule has 0 radical (unpaired) electrons. The molecule has 0 unspecified atom stereocenters. The molecule has 1 aromatic heterocycles. The summed E-state index contributed by atoms with van der Waals surface area (Å²) in [6, 6.07) is 14.1. The normalized spacial score (nSPS) is 11.0. The van der Waals surface area contributed by atoms with Crippen molar-refractivity contribution in [1.82, 2.24) is 4.57 Å². The van der Waals surface area contributed by atoms with Crippen molar-refractivity contribution in [2.75, 3.05) is 0 Å². The number of halogens is 1. The van der Waals surface area contributed by atoms with Crippen LogP contribution in [-0.2, 0) is 13.2 Å². The monoisotopic (exact) mass is 299 g/mol. The van der Waals surface area contributed by atoms with Crippen LogP contribution in [0.25, 0.3) is 10.9 Å². The van der Waals surface area contributed by atoms with Gasteiger partial charge in [0.15, 0.2) is 0 Å². The highest BCUT2D eigenvalue weighted by atomic mass is 35.5. The molecule has 0 amide bonds. The second-order valence-corrected chi connectivity index (χ2v) is 5.64. The highest BCUT2D eigenvalue weighted by Gasteiger charge is 2.08. The molecule has 0 aliphatic rings. The zero-order valence-corrected chi connectivity index (χ0v) is 13.0. The molecule has 0 aliphatic carbocycles. The van der Waals surface area contributed by atoms with Crippen LogP contribution in [0, 0.1) is 6.92 Å². The second kappa shape index (κ2) is 5.82. The fraction of sp³-hybridized carbons (Fsp3) is 0.222. The smallest absolute Gasteiger partial charge is 0.121 e. The zero-order valence-electron chi connectivity index (χ0n) is 12.3. The largest absolute Gasteiger partial charge is 0.489 e. The Labute approximate surface area is 129 Å². The van der Waals surface area contributed by atoms with Crippen molar-refractivity contribution < 1.29 is 4.74 Å². The van der Waals surface area contributed by atoms with E-state index in [0.717, 1.165) is 12.3 Å². The van der Waals surface area contributed by atoms with Gasteiger partial charge in [0.2, 0.25) is 0 Å². The van der Waals surface area contributed by atoms with Crippen LogP contribution in [0.3, 0.4) is 0 Å². The van der Waals surface area contributed by atoms with Gasteiger partial charge in [-0.2, -0.15) is 0 Å². The Balaban J connectivity index is 1.90. The Morgan fingerprint density at radius 3 is 2.76 bits per heavy atom. The molecule has 1 heterocycles. The highest BCUT2D eigenvalue weighted by molar-refractivity contribution is 6.30. The van der Waals surface area contributed by atoms with Crippen LogP contribution in [0.5, 0.6) is 5.75 Å². The minimum absolute atomic E-state index is 0.549. The van der Waals surface area contributed by atoms with Crippen molar-refractivity contribution in [2.24, 2.45) is 0 Å². The summed E-state index contributed by atoms with van der Waals surface area (Å²) in [6.07, 6.45) is 2.18. The first kappa shape index (κ1) is 14.0. The van der Waals surface area contributed by atoms with Crippen LogP contribution in [0.4, 0.5) is 0 Å². The van der Waals surface area contributed by atoms with Crippen LogP contribution in [-0.4, -0.2) is 4.57 Å². The molecule has 0 spiro atoms. The van der Waals surface area contributed by atoms with Gasteiger partial charge in [-0.25, -0.2) is 0 Å². The molecule has 108 valence electrons. The van der Waals surface area contributed by atoms with Gasteiger partial charge in [0.05, 0.1) is 0 Å². The summed E-state index contributed by atoms with van der Waals surface area (Å²) in [7, 11) is 0. The van der Waals surface area contributed by atoms with Gasteiger partial charge < -0.3 is 9.30 Å². The van der Waals surface area contributed by atoms with E-state index in [4.69, 9.17) is 16.3 Å². The van der Waals surface area contributed by atoms with Crippen molar-refractivity contribution in [2.45, 2.75) is 27.0 Å². The molecule has 3 aromatic rings. The quantitative estimate of drug-likeness (QED) is 0.645. The average molecular weight is 300 g/mol. The molecule has 0 fully saturated rings. The Hall–Kier alpha value is -1.93. The molecular weight excluding hydrogens is 282 g/mol. The number of benzene rings is 2. The number of hydrogen-bond acceptors (Lipinski definition) is 1. The summed E-state index contributed by atoms with van der Waals surface area (Å²) in [5.41, 5.74) is 3.74. The number of aryl methyl sites for hydroxylation is 2. The molecule has 0 bridgehead atoms. The minimum Gasteiger partial charge on any atom is -0.489 e. The van der Waals surface area contributed by atoms with E-state index in [0.29, 0.717) is 11.6 Å². The third-order valence-electron chi connectivity index (χ3n) is 3.65. The van der Waals surface area contributed by atoms with E-state index < -0.39 is 0 Å². The maximum atomic E-state index is 5.98. The molecular formula is C18H18ClNO. The third kappa shape index (κ3) is 2.91. The highest BCUT2D eigenvalue weighted by Crippen LogP contribution is 2.25. The molecule has 0 saturated carbocycles. The van der Waals surface area contributed by atoms with Gasteiger partial charge in [0.1, 0.15) is 12.4 Å². The van der Waals surface area contributed by atoms with Gasteiger partial charge in [0.25, 0.3) is 0 Å². The van der Waals surface area contributed by atoms with Gasteiger partial charge >= 0.3 is 0 Å². The van der Waals surface area contributed by atoms with Crippen molar-refractivity contribution in [3.05, 3.63) is 64.8 Å². The molecule has 3 rings (SSSR count). The van der Waals surface area contributed by atoms with Crippen LogP contribution >= 0.6 is 11.6 Å². The van der Waals surface area contributed by atoms with Crippen LogP contribution in [0.2, 0.25) is 5.02 Å². The second-order valence-electron chi connectivity index (χ2n) is 5.21. The molecule has 0 atom stereocenters. The van der Waals surface area contributed by atoms with Crippen LogP contribution in [0.15, 0.2) is 48.7 Å². The lowest BCUT2D eigenvalue weighted by atomic mass is 10.1. The van der Waals surface area contributed by atoms with Gasteiger partial charge in [-0.3, -0.25) is 0 Å². The van der Waals surface area contributed by atoms with Crippen molar-refractivity contribution >= 4 is 22.5 Å². The van der Waals surface area contributed by atoms with E-state index in [1.807, 2.05) is 24.3 Å². The predicted octanol–water partition coefficient (Wildman–Crippen LogP) is 5.20. The lowest BCUT2D eigenvalue weighted by molar-refractivity contribution is 0.307. The third-order valence-corrected chi connectivity index (χ3v) is 3.89. The average Bonchev–Trinajstić information content (AvgIpc) is 2.82. The maximum Gasteiger partial charge on any atom is 0.121 e. The number of aromatic nitrogens is 1. The number of rotatable bonds is 4. The Bertz CT molecular complexity index is 776. The van der Waals surface area contributed by atoms with Crippen LogP contribution < -0.4 is 4.74 Å². The topological polar surface area (TPSA) is 14.2 Å². The van der Waals surface area contributed by atoms with Gasteiger partial charge in [-0.1, -0.05) is 29.8 Å². The van der Waals surface area contributed by atoms with E-state index >= 15 is 0 Å². The first-order chi connectivity index (χ1) is 10.2. The Kier molecular flexibility index (Phi) is 3.89. The zero-order chi connectivity index (χ0) is 14.8. The fourth-order valence-electron chi connectivity index (χ4n) is 2.57. The summed E-state index contributed by atoms with van der Waals surface area (Å²) in [4.78, 5) is 0. The van der Waals surface area contributed by atoms with Gasteiger partial charge in [-0.15, -0.1) is 0 Å². The summed E-state index contributed by atoms with van der Waals surface area (Å²) >= 11 is 5.98. The molecule has 0 N–H and O–H groups in total. The summed E-state index contributed by atoms with van der Waals surface area (Å²) < 4.78 is 8.13. The van der Waals surface area contributed by atoms with E-state index in [1.54, 1.807) is 0 Å². The van der Waals surface area contributed by atoms with E-state index in [-0.39, 0.29) is 0 Å². The number of ether oxygens (including phenoxy) is 1. The first-order valence-corrected chi connectivity index (χ1v) is 7.52. The SMILES string of the molecule is CCn1cc(COc2cccc(Cl)c2)c2ccc(C)cc21. The van der Waals surface area contributed by atoms with Gasteiger partial charge in [-0.05, 0) is 43.7 Å². The van der Waals surface area contributed by atoms with Crippen molar-refractivity contribution in [3.63, 3.8) is 0 Å². The molecule has 2 nitrogen and oxygen atoms in total. The molecule has 2 aromatic carbocycles. The summed E-state index contributed by atoms with van der Waals surface area (Å²) in [5.74, 6) is 0.798. The van der Waals surface area contributed by atoms with Crippen molar-refractivity contribution in [1.29, 1.82) is 0 Å². The number of fused-ring (bicyclic) bond motifs is 1. The summed E-state index contributed by atoms with van der Waals surface area (Å²) in [5, 5.41) is 1.95. The number of hydrogen-bond donors (Lipinski definition) is 0. The van der Waals surface area contributed by atoms with E-state index in [2.05, 4.69) is 42.8 Å². The molecule has 0 saturated heterocycles.